The Morgan fingerprint density at radius 1 is 0.815 bits per heavy atom. The van der Waals surface area contributed by atoms with Crippen molar-refractivity contribution in [2.45, 2.75) is 18.6 Å². The van der Waals surface area contributed by atoms with E-state index in [9.17, 15) is 0 Å². The summed E-state index contributed by atoms with van der Waals surface area (Å²) in [7, 11) is 0. The smallest absolute Gasteiger partial charge is 0.231 e. The summed E-state index contributed by atoms with van der Waals surface area (Å²) in [5, 5.41) is 0. The van der Waals surface area contributed by atoms with Crippen LogP contribution in [0.15, 0.2) is 36.4 Å². The Bertz CT molecular complexity index is 912. The second-order valence-corrected chi connectivity index (χ2v) is 7.62. The second kappa shape index (κ2) is 5.53. The molecule has 4 aliphatic rings. The van der Waals surface area contributed by atoms with E-state index in [1.807, 2.05) is 24.3 Å². The van der Waals surface area contributed by atoms with Gasteiger partial charge in [0.05, 0.1) is 24.9 Å². The molecule has 0 radical (unpaired) electrons. The Labute approximate surface area is 156 Å². The van der Waals surface area contributed by atoms with Gasteiger partial charge < -0.3 is 28.4 Å². The molecule has 4 heterocycles. The largest absolute Gasteiger partial charge is 0.454 e. The summed E-state index contributed by atoms with van der Waals surface area (Å²) in [5.41, 5.74) is 1.82. The summed E-state index contributed by atoms with van der Waals surface area (Å²) >= 11 is 0. The van der Waals surface area contributed by atoms with E-state index >= 15 is 0 Å². The molecular formula is C21H20O6. The molecule has 0 saturated carbocycles. The van der Waals surface area contributed by atoms with Crippen LogP contribution in [0.1, 0.15) is 24.2 Å². The van der Waals surface area contributed by atoms with Gasteiger partial charge in [-0.2, -0.15) is 0 Å². The van der Waals surface area contributed by atoms with Crippen molar-refractivity contribution < 1.29 is 28.4 Å². The average Bonchev–Trinajstić information content (AvgIpc) is 3.46. The molecule has 0 spiro atoms. The molecule has 2 fully saturated rings. The lowest BCUT2D eigenvalue weighted by Gasteiger charge is -2.29. The highest BCUT2D eigenvalue weighted by atomic mass is 16.7. The van der Waals surface area contributed by atoms with Gasteiger partial charge >= 0.3 is 0 Å². The third kappa shape index (κ3) is 2.20. The molecule has 0 N–H and O–H groups in total. The van der Waals surface area contributed by atoms with Gasteiger partial charge in [-0.3, -0.25) is 0 Å². The van der Waals surface area contributed by atoms with Crippen LogP contribution in [-0.4, -0.2) is 26.8 Å². The fraction of sp³-hybridized carbons (Fsp3) is 0.429. The Morgan fingerprint density at radius 2 is 1.52 bits per heavy atom. The minimum atomic E-state index is -0.406. The van der Waals surface area contributed by atoms with Crippen molar-refractivity contribution in [2.24, 2.45) is 11.8 Å². The second-order valence-electron chi connectivity index (χ2n) is 7.62. The highest BCUT2D eigenvalue weighted by molar-refractivity contribution is 5.47. The van der Waals surface area contributed by atoms with Gasteiger partial charge in [-0.25, -0.2) is 0 Å². The van der Waals surface area contributed by atoms with Gasteiger partial charge in [0.1, 0.15) is 0 Å². The number of ether oxygens (including phenoxy) is 6. The van der Waals surface area contributed by atoms with E-state index < -0.39 is 5.60 Å². The van der Waals surface area contributed by atoms with Crippen molar-refractivity contribution in [2.75, 3.05) is 26.8 Å². The highest BCUT2D eigenvalue weighted by Gasteiger charge is 2.55. The molecule has 0 amide bonds. The van der Waals surface area contributed by atoms with Crippen LogP contribution in [0.5, 0.6) is 23.0 Å². The van der Waals surface area contributed by atoms with Crippen LogP contribution >= 0.6 is 0 Å². The van der Waals surface area contributed by atoms with Crippen molar-refractivity contribution >= 4 is 0 Å². The summed E-state index contributed by atoms with van der Waals surface area (Å²) in [6.45, 7) is 4.03. The molecule has 4 aliphatic heterocycles. The summed E-state index contributed by atoms with van der Waals surface area (Å²) in [4.78, 5) is 0. The molecule has 6 nitrogen and oxygen atoms in total. The van der Waals surface area contributed by atoms with Crippen LogP contribution in [0.2, 0.25) is 0 Å². The molecule has 27 heavy (non-hydrogen) atoms. The summed E-state index contributed by atoms with van der Waals surface area (Å²) in [6.07, 6.45) is 0.000311. The van der Waals surface area contributed by atoms with E-state index in [-0.39, 0.29) is 25.6 Å². The zero-order valence-electron chi connectivity index (χ0n) is 15.0. The van der Waals surface area contributed by atoms with Crippen LogP contribution in [0.3, 0.4) is 0 Å². The van der Waals surface area contributed by atoms with Crippen molar-refractivity contribution in [3.8, 4) is 23.0 Å². The van der Waals surface area contributed by atoms with Crippen molar-refractivity contribution in [3.63, 3.8) is 0 Å². The third-order valence-electron chi connectivity index (χ3n) is 6.32. The molecule has 4 atom stereocenters. The van der Waals surface area contributed by atoms with Gasteiger partial charge in [-0.05, 0) is 42.3 Å². The molecule has 4 unspecified atom stereocenters. The van der Waals surface area contributed by atoms with E-state index in [4.69, 9.17) is 28.4 Å². The first-order valence-corrected chi connectivity index (χ1v) is 9.27. The number of hydrogen-bond acceptors (Lipinski definition) is 6. The molecule has 0 bridgehead atoms. The summed E-state index contributed by atoms with van der Waals surface area (Å²) < 4.78 is 34.5. The fourth-order valence-electron chi connectivity index (χ4n) is 4.75. The van der Waals surface area contributed by atoms with Gasteiger partial charge in [0.15, 0.2) is 23.0 Å². The van der Waals surface area contributed by atoms with Gasteiger partial charge in [-0.1, -0.05) is 12.1 Å². The minimum Gasteiger partial charge on any atom is -0.454 e. The molecule has 2 saturated heterocycles. The van der Waals surface area contributed by atoms with E-state index in [0.29, 0.717) is 19.1 Å². The molecule has 2 aromatic rings. The van der Waals surface area contributed by atoms with Gasteiger partial charge in [0.2, 0.25) is 13.6 Å². The molecule has 2 aromatic carbocycles. The maximum absolute atomic E-state index is 6.37. The van der Waals surface area contributed by atoms with Crippen LogP contribution in [0.25, 0.3) is 0 Å². The number of rotatable bonds is 2. The van der Waals surface area contributed by atoms with E-state index in [1.54, 1.807) is 0 Å². The van der Waals surface area contributed by atoms with Crippen molar-refractivity contribution in [1.29, 1.82) is 0 Å². The number of fused-ring (bicyclic) bond motifs is 3. The Hall–Kier alpha value is -2.44. The zero-order valence-corrected chi connectivity index (χ0v) is 15.0. The van der Waals surface area contributed by atoms with Crippen LogP contribution in [-0.2, 0) is 15.1 Å². The quantitative estimate of drug-likeness (QED) is 0.810. The zero-order chi connectivity index (χ0) is 18.0. The van der Waals surface area contributed by atoms with Crippen LogP contribution in [0.4, 0.5) is 0 Å². The van der Waals surface area contributed by atoms with Crippen molar-refractivity contribution in [1.82, 2.24) is 0 Å². The number of benzene rings is 2. The Morgan fingerprint density at radius 3 is 2.33 bits per heavy atom. The van der Waals surface area contributed by atoms with E-state index in [0.717, 1.165) is 34.1 Å². The van der Waals surface area contributed by atoms with Crippen LogP contribution in [0, 0.1) is 11.8 Å². The summed E-state index contributed by atoms with van der Waals surface area (Å²) in [5.74, 6) is 3.72. The lowest BCUT2D eigenvalue weighted by molar-refractivity contribution is -0.0413. The Kier molecular flexibility index (Phi) is 3.20. The van der Waals surface area contributed by atoms with E-state index in [2.05, 4.69) is 19.1 Å². The van der Waals surface area contributed by atoms with Crippen LogP contribution < -0.4 is 18.9 Å². The molecule has 0 aliphatic carbocycles. The van der Waals surface area contributed by atoms with Gasteiger partial charge in [0, 0.05) is 11.8 Å². The first-order chi connectivity index (χ1) is 13.2. The number of hydrogen-bond donors (Lipinski definition) is 0. The predicted octanol–water partition coefficient (Wildman–Crippen LogP) is 3.39. The fourth-order valence-corrected chi connectivity index (χ4v) is 4.75. The summed E-state index contributed by atoms with van der Waals surface area (Å²) in [6, 6.07) is 12.1. The monoisotopic (exact) mass is 368 g/mol. The first-order valence-electron chi connectivity index (χ1n) is 9.27. The van der Waals surface area contributed by atoms with Crippen molar-refractivity contribution in [3.05, 3.63) is 47.5 Å². The third-order valence-corrected chi connectivity index (χ3v) is 6.32. The van der Waals surface area contributed by atoms with E-state index in [1.165, 1.54) is 0 Å². The van der Waals surface area contributed by atoms with Gasteiger partial charge in [0.25, 0.3) is 0 Å². The molecular weight excluding hydrogens is 348 g/mol. The molecule has 0 aromatic heterocycles. The first kappa shape index (κ1) is 15.6. The highest BCUT2D eigenvalue weighted by Crippen LogP contribution is 2.54. The molecule has 6 rings (SSSR count). The average molecular weight is 368 g/mol. The topological polar surface area (TPSA) is 55.4 Å². The maximum Gasteiger partial charge on any atom is 0.231 e. The molecule has 6 heteroatoms. The minimum absolute atomic E-state index is 0.000311. The van der Waals surface area contributed by atoms with Gasteiger partial charge in [-0.15, -0.1) is 0 Å². The standard InChI is InChI=1S/C21H20O6/c1-21(13-3-5-17-19(7-13)26-11-24-17)15-9-22-20(14(15)8-27-21)12-2-4-16-18(6-12)25-10-23-16/h2-7,14-15,20H,8-11H2,1H3. The lowest BCUT2D eigenvalue weighted by atomic mass is 9.77. The predicted molar refractivity (Wildman–Crippen MR) is 94.1 cm³/mol. The SMILES string of the molecule is CC1(c2ccc3c(c2)OCO3)OCC2C(c3ccc4c(c3)OCO4)OCC21. The Balaban J connectivity index is 1.31. The lowest BCUT2D eigenvalue weighted by Crippen LogP contribution is -2.31. The normalized spacial score (nSPS) is 32.7. The maximum atomic E-state index is 6.37. The molecule has 140 valence electrons.